The highest BCUT2D eigenvalue weighted by atomic mass is 32.1. The van der Waals surface area contributed by atoms with E-state index in [9.17, 15) is 14.9 Å². The molecule has 0 unspecified atom stereocenters. The number of hydrogen-bond acceptors (Lipinski definition) is 7. The van der Waals surface area contributed by atoms with Gasteiger partial charge < -0.3 is 11.1 Å². The number of non-ortho nitro benzene ring substituents is 1. The molecule has 0 saturated carbocycles. The van der Waals surface area contributed by atoms with E-state index in [4.69, 9.17) is 5.73 Å². The van der Waals surface area contributed by atoms with E-state index < -0.39 is 16.9 Å². The molecule has 3 heterocycles. The Morgan fingerprint density at radius 3 is 2.85 bits per heavy atom. The number of fused-ring (bicyclic) bond motifs is 1. The normalized spacial score (nSPS) is 16.0. The van der Waals surface area contributed by atoms with Crippen molar-refractivity contribution in [1.29, 1.82) is 0 Å². The SMILES string of the molecule is CC1=C(C(N)=O)[C@@H](c2cccc([N+](=O)[O-])c2)n2nc(-c3cccs3)nc2N1. The molecule has 0 fully saturated rings. The Morgan fingerprint density at radius 1 is 1.37 bits per heavy atom. The van der Waals surface area contributed by atoms with Gasteiger partial charge in [0.25, 0.3) is 5.69 Å². The van der Waals surface area contributed by atoms with Crippen LogP contribution in [0.4, 0.5) is 11.6 Å². The Kier molecular flexibility index (Phi) is 3.96. The molecule has 3 N–H and O–H groups in total. The zero-order valence-corrected chi connectivity index (χ0v) is 14.9. The molecule has 1 aliphatic rings. The summed E-state index contributed by atoms with van der Waals surface area (Å²) in [5.74, 6) is 0.314. The van der Waals surface area contributed by atoms with E-state index in [-0.39, 0.29) is 11.3 Å². The molecule has 9 nitrogen and oxygen atoms in total. The first-order valence-corrected chi connectivity index (χ1v) is 8.86. The second-order valence-electron chi connectivity index (χ2n) is 5.96. The van der Waals surface area contributed by atoms with Crippen molar-refractivity contribution in [2.75, 3.05) is 5.32 Å². The van der Waals surface area contributed by atoms with Crippen LogP contribution in [-0.2, 0) is 4.79 Å². The fraction of sp³-hybridized carbons (Fsp3) is 0.118. The fourth-order valence-electron chi connectivity index (χ4n) is 3.10. The van der Waals surface area contributed by atoms with Crippen molar-refractivity contribution in [3.05, 3.63) is 68.7 Å². The predicted octanol–water partition coefficient (Wildman–Crippen LogP) is 2.69. The van der Waals surface area contributed by atoms with Gasteiger partial charge in [-0.1, -0.05) is 18.2 Å². The molecule has 3 aromatic rings. The minimum absolute atomic E-state index is 0.0762. The number of allylic oxidation sites excluding steroid dienone is 1. The predicted molar refractivity (Wildman–Crippen MR) is 100 cm³/mol. The molecule has 0 bridgehead atoms. The molecule has 136 valence electrons. The summed E-state index contributed by atoms with van der Waals surface area (Å²) in [6.45, 7) is 1.72. The zero-order valence-electron chi connectivity index (χ0n) is 14.1. The highest BCUT2D eigenvalue weighted by Crippen LogP contribution is 2.37. The van der Waals surface area contributed by atoms with Crippen molar-refractivity contribution in [3.63, 3.8) is 0 Å². The van der Waals surface area contributed by atoms with Crippen LogP contribution in [0, 0.1) is 10.1 Å². The third-order valence-electron chi connectivity index (χ3n) is 4.26. The largest absolute Gasteiger partial charge is 0.366 e. The van der Waals surface area contributed by atoms with Crippen molar-refractivity contribution >= 4 is 28.9 Å². The Balaban J connectivity index is 1.91. The lowest BCUT2D eigenvalue weighted by atomic mass is 9.95. The van der Waals surface area contributed by atoms with E-state index in [0.29, 0.717) is 23.0 Å². The number of nitrogens with one attached hydrogen (secondary N) is 1. The summed E-state index contributed by atoms with van der Waals surface area (Å²) >= 11 is 1.49. The van der Waals surface area contributed by atoms with Gasteiger partial charge in [0.2, 0.25) is 11.9 Å². The number of anilines is 1. The van der Waals surface area contributed by atoms with E-state index in [1.807, 2.05) is 17.5 Å². The fourth-order valence-corrected chi connectivity index (χ4v) is 3.75. The van der Waals surface area contributed by atoms with Gasteiger partial charge in [-0.25, -0.2) is 4.68 Å². The first-order chi connectivity index (χ1) is 13.0. The monoisotopic (exact) mass is 382 g/mol. The van der Waals surface area contributed by atoms with Gasteiger partial charge in [0.1, 0.15) is 6.04 Å². The number of aromatic nitrogens is 3. The number of nitro benzene ring substituents is 1. The van der Waals surface area contributed by atoms with Crippen molar-refractivity contribution < 1.29 is 9.72 Å². The molecule has 2 aromatic heterocycles. The summed E-state index contributed by atoms with van der Waals surface area (Å²) in [5.41, 5.74) is 6.89. The summed E-state index contributed by atoms with van der Waals surface area (Å²) in [6.07, 6.45) is 0. The summed E-state index contributed by atoms with van der Waals surface area (Å²) in [7, 11) is 0. The molecule has 0 radical (unpaired) electrons. The van der Waals surface area contributed by atoms with Gasteiger partial charge in [-0.3, -0.25) is 14.9 Å². The molecule has 1 aromatic carbocycles. The average Bonchev–Trinajstić information content (AvgIpc) is 3.29. The van der Waals surface area contributed by atoms with Gasteiger partial charge in [-0.05, 0) is 23.9 Å². The number of carbonyl (C=O) groups excluding carboxylic acids is 1. The molecule has 1 amide bonds. The maximum Gasteiger partial charge on any atom is 0.269 e. The van der Waals surface area contributed by atoms with Crippen molar-refractivity contribution in [2.45, 2.75) is 13.0 Å². The molecule has 10 heteroatoms. The van der Waals surface area contributed by atoms with Crippen LogP contribution in [0.5, 0.6) is 0 Å². The van der Waals surface area contributed by atoms with Crippen molar-refractivity contribution in [1.82, 2.24) is 14.8 Å². The molecule has 0 aliphatic carbocycles. The number of amides is 1. The molecule has 0 spiro atoms. The number of primary amides is 1. The number of nitrogens with zero attached hydrogens (tertiary/aromatic N) is 4. The Labute approximate surface area is 157 Å². The van der Waals surface area contributed by atoms with E-state index >= 15 is 0 Å². The number of rotatable bonds is 4. The number of nitrogens with two attached hydrogens (primary N) is 1. The Bertz CT molecular complexity index is 1090. The van der Waals surface area contributed by atoms with Gasteiger partial charge in [0.15, 0.2) is 5.82 Å². The van der Waals surface area contributed by atoms with Gasteiger partial charge in [0, 0.05) is 17.8 Å². The maximum atomic E-state index is 12.1. The lowest BCUT2D eigenvalue weighted by Gasteiger charge is -2.27. The minimum Gasteiger partial charge on any atom is -0.366 e. The lowest BCUT2D eigenvalue weighted by molar-refractivity contribution is -0.384. The van der Waals surface area contributed by atoms with Crippen LogP contribution in [0.15, 0.2) is 53.0 Å². The van der Waals surface area contributed by atoms with Crippen LogP contribution in [0.2, 0.25) is 0 Å². The van der Waals surface area contributed by atoms with E-state index in [1.54, 1.807) is 23.7 Å². The maximum absolute atomic E-state index is 12.1. The lowest BCUT2D eigenvalue weighted by Crippen LogP contribution is -2.31. The third kappa shape index (κ3) is 2.85. The van der Waals surface area contributed by atoms with Crippen molar-refractivity contribution in [2.24, 2.45) is 5.73 Å². The molecule has 4 rings (SSSR count). The smallest absolute Gasteiger partial charge is 0.269 e. The molecule has 1 atom stereocenters. The van der Waals surface area contributed by atoms with E-state index in [2.05, 4.69) is 15.4 Å². The van der Waals surface area contributed by atoms with Crippen LogP contribution in [-0.4, -0.2) is 25.6 Å². The van der Waals surface area contributed by atoms with Gasteiger partial charge >= 0.3 is 0 Å². The Hall–Kier alpha value is -3.53. The highest BCUT2D eigenvalue weighted by molar-refractivity contribution is 7.13. The second-order valence-corrected chi connectivity index (χ2v) is 6.91. The number of benzene rings is 1. The van der Waals surface area contributed by atoms with Gasteiger partial charge in [0.05, 0.1) is 15.4 Å². The zero-order chi connectivity index (χ0) is 19.1. The van der Waals surface area contributed by atoms with E-state index in [0.717, 1.165) is 4.88 Å². The second kappa shape index (κ2) is 6.32. The molecule has 27 heavy (non-hydrogen) atoms. The van der Waals surface area contributed by atoms with Crippen LogP contribution in [0.3, 0.4) is 0 Å². The molecular weight excluding hydrogens is 368 g/mol. The first-order valence-electron chi connectivity index (χ1n) is 7.98. The molecule has 1 aliphatic heterocycles. The van der Waals surface area contributed by atoms with Gasteiger partial charge in [-0.2, -0.15) is 4.98 Å². The summed E-state index contributed by atoms with van der Waals surface area (Å²) < 4.78 is 1.54. The van der Waals surface area contributed by atoms with Crippen LogP contribution in [0.1, 0.15) is 18.5 Å². The minimum atomic E-state index is -0.708. The summed E-state index contributed by atoms with van der Waals surface area (Å²) in [5, 5.41) is 20.7. The van der Waals surface area contributed by atoms with Crippen LogP contribution >= 0.6 is 11.3 Å². The number of nitro groups is 1. The average molecular weight is 382 g/mol. The van der Waals surface area contributed by atoms with Crippen LogP contribution in [0.25, 0.3) is 10.7 Å². The number of hydrogen-bond donors (Lipinski definition) is 2. The third-order valence-corrected chi connectivity index (χ3v) is 5.12. The first kappa shape index (κ1) is 16.9. The summed E-state index contributed by atoms with van der Waals surface area (Å²) in [6, 6.07) is 9.16. The Morgan fingerprint density at radius 2 is 2.19 bits per heavy atom. The summed E-state index contributed by atoms with van der Waals surface area (Å²) in [4.78, 5) is 28.2. The highest BCUT2D eigenvalue weighted by Gasteiger charge is 2.34. The topological polar surface area (TPSA) is 129 Å². The number of thiophene rings is 1. The van der Waals surface area contributed by atoms with Crippen molar-refractivity contribution in [3.8, 4) is 10.7 Å². The molecular formula is C17H14N6O3S. The van der Waals surface area contributed by atoms with Gasteiger partial charge in [-0.15, -0.1) is 16.4 Å². The number of carbonyl (C=O) groups is 1. The quantitative estimate of drug-likeness (QED) is 0.527. The molecule has 0 saturated heterocycles. The van der Waals surface area contributed by atoms with Crippen LogP contribution < -0.4 is 11.1 Å². The van der Waals surface area contributed by atoms with E-state index in [1.165, 1.54) is 23.5 Å². The standard InChI is InChI=1S/C17H14N6O3S/c1-9-13(15(18)24)14(10-4-2-5-11(8-10)23(25)26)22-17(19-9)20-16(21-22)12-6-3-7-27-12/h2-8,14H,1H3,(H2,18,24)(H,19,20,21)/t14-/m1/s1.